The largest absolute Gasteiger partial charge is 0.492 e. The Bertz CT molecular complexity index is 378. The highest BCUT2D eigenvalue weighted by molar-refractivity contribution is 5.21. The van der Waals surface area contributed by atoms with Crippen molar-refractivity contribution < 1.29 is 13.9 Å². The molecule has 1 aromatic carbocycles. The minimum atomic E-state index is -0.232. The van der Waals surface area contributed by atoms with Gasteiger partial charge in [0.15, 0.2) is 0 Å². The Labute approximate surface area is 120 Å². The minimum Gasteiger partial charge on any atom is -0.492 e. The Kier molecular flexibility index (Phi) is 6.24. The van der Waals surface area contributed by atoms with Crippen LogP contribution in [0, 0.1) is 5.82 Å². The molecule has 112 valence electrons. The van der Waals surface area contributed by atoms with Gasteiger partial charge in [0.2, 0.25) is 0 Å². The second-order valence-corrected chi connectivity index (χ2v) is 4.98. The summed E-state index contributed by atoms with van der Waals surface area (Å²) < 4.78 is 23.5. The molecule has 0 bridgehead atoms. The van der Waals surface area contributed by atoms with Crippen LogP contribution in [-0.4, -0.2) is 69.4 Å². The van der Waals surface area contributed by atoms with Gasteiger partial charge in [-0.15, -0.1) is 0 Å². The molecule has 1 fully saturated rings. The standard InChI is InChI=1S/C15H23FN2O2/c1-19-12-10-17-6-8-18(9-7-17)11-13-20-15-4-2-14(16)3-5-15/h2-5H,6-13H2,1H3. The van der Waals surface area contributed by atoms with E-state index in [1.54, 1.807) is 19.2 Å². The Hall–Kier alpha value is -1.17. The van der Waals surface area contributed by atoms with Gasteiger partial charge in [-0.3, -0.25) is 9.80 Å². The Morgan fingerprint density at radius 2 is 1.50 bits per heavy atom. The number of benzene rings is 1. The smallest absolute Gasteiger partial charge is 0.123 e. The van der Waals surface area contributed by atoms with Crippen LogP contribution in [0.3, 0.4) is 0 Å². The lowest BCUT2D eigenvalue weighted by atomic mass is 10.3. The molecule has 0 N–H and O–H groups in total. The molecule has 0 aliphatic carbocycles. The molecule has 4 nitrogen and oxygen atoms in total. The van der Waals surface area contributed by atoms with Crippen molar-refractivity contribution in [3.63, 3.8) is 0 Å². The maximum Gasteiger partial charge on any atom is 0.123 e. The van der Waals surface area contributed by atoms with E-state index in [9.17, 15) is 4.39 Å². The number of methoxy groups -OCH3 is 1. The summed E-state index contributed by atoms with van der Waals surface area (Å²) in [6.07, 6.45) is 0. The van der Waals surface area contributed by atoms with Crippen LogP contribution in [0.2, 0.25) is 0 Å². The molecule has 0 saturated carbocycles. The van der Waals surface area contributed by atoms with Crippen molar-refractivity contribution in [2.45, 2.75) is 0 Å². The summed E-state index contributed by atoms with van der Waals surface area (Å²) >= 11 is 0. The van der Waals surface area contributed by atoms with Gasteiger partial charge in [-0.25, -0.2) is 4.39 Å². The van der Waals surface area contributed by atoms with Gasteiger partial charge in [0.1, 0.15) is 18.2 Å². The fraction of sp³-hybridized carbons (Fsp3) is 0.600. The number of hydrogen-bond donors (Lipinski definition) is 0. The molecule has 5 heteroatoms. The third kappa shape index (κ3) is 5.07. The predicted molar refractivity (Wildman–Crippen MR) is 76.7 cm³/mol. The zero-order chi connectivity index (χ0) is 14.2. The van der Waals surface area contributed by atoms with E-state index in [-0.39, 0.29) is 5.82 Å². The molecule has 0 unspecified atom stereocenters. The first-order valence-corrected chi connectivity index (χ1v) is 7.10. The summed E-state index contributed by atoms with van der Waals surface area (Å²) in [5.74, 6) is 0.495. The molecule has 0 radical (unpaired) electrons. The Morgan fingerprint density at radius 1 is 0.950 bits per heavy atom. The van der Waals surface area contributed by atoms with Crippen LogP contribution in [-0.2, 0) is 4.74 Å². The molecule has 1 aromatic rings. The second kappa shape index (κ2) is 8.19. The van der Waals surface area contributed by atoms with Crippen molar-refractivity contribution in [2.24, 2.45) is 0 Å². The highest BCUT2D eigenvalue weighted by atomic mass is 19.1. The highest BCUT2D eigenvalue weighted by Crippen LogP contribution is 2.11. The number of rotatable bonds is 7. The molecule has 0 amide bonds. The van der Waals surface area contributed by atoms with Crippen LogP contribution >= 0.6 is 0 Å². The van der Waals surface area contributed by atoms with E-state index in [1.165, 1.54) is 12.1 Å². The summed E-state index contributed by atoms with van der Waals surface area (Å²) in [5.41, 5.74) is 0. The monoisotopic (exact) mass is 282 g/mol. The molecule has 0 aromatic heterocycles. The lowest BCUT2D eigenvalue weighted by Crippen LogP contribution is -2.48. The number of ether oxygens (including phenoxy) is 2. The molecule has 1 saturated heterocycles. The maximum absolute atomic E-state index is 12.7. The van der Waals surface area contributed by atoms with E-state index in [2.05, 4.69) is 9.80 Å². The van der Waals surface area contributed by atoms with E-state index in [4.69, 9.17) is 9.47 Å². The molecule has 1 aliphatic rings. The number of piperazine rings is 1. The lowest BCUT2D eigenvalue weighted by Gasteiger charge is -2.34. The first-order valence-electron chi connectivity index (χ1n) is 7.10. The van der Waals surface area contributed by atoms with Gasteiger partial charge < -0.3 is 9.47 Å². The summed E-state index contributed by atoms with van der Waals surface area (Å²) in [7, 11) is 1.74. The zero-order valence-electron chi connectivity index (χ0n) is 12.1. The third-order valence-corrected chi connectivity index (χ3v) is 3.57. The zero-order valence-corrected chi connectivity index (χ0v) is 12.1. The van der Waals surface area contributed by atoms with Crippen LogP contribution in [0.1, 0.15) is 0 Å². The maximum atomic E-state index is 12.7. The SMILES string of the molecule is COCCN1CCN(CCOc2ccc(F)cc2)CC1. The summed E-state index contributed by atoms with van der Waals surface area (Å²) in [6, 6.07) is 6.17. The topological polar surface area (TPSA) is 24.9 Å². The second-order valence-electron chi connectivity index (χ2n) is 4.98. The molecular weight excluding hydrogens is 259 g/mol. The van der Waals surface area contributed by atoms with E-state index in [0.29, 0.717) is 6.61 Å². The first kappa shape index (κ1) is 15.2. The van der Waals surface area contributed by atoms with Gasteiger partial charge in [-0.2, -0.15) is 0 Å². The molecule has 1 heterocycles. The minimum absolute atomic E-state index is 0.232. The number of nitrogens with zero attached hydrogens (tertiary/aromatic N) is 2. The Balaban J connectivity index is 1.60. The fourth-order valence-electron chi connectivity index (χ4n) is 2.28. The van der Waals surface area contributed by atoms with Crippen LogP contribution in [0.15, 0.2) is 24.3 Å². The summed E-state index contributed by atoms with van der Waals surface area (Å²) in [6.45, 7) is 7.66. The van der Waals surface area contributed by atoms with E-state index in [0.717, 1.165) is 51.6 Å². The van der Waals surface area contributed by atoms with Crippen LogP contribution < -0.4 is 4.74 Å². The van der Waals surface area contributed by atoms with E-state index >= 15 is 0 Å². The van der Waals surface area contributed by atoms with Crippen LogP contribution in [0.5, 0.6) is 5.75 Å². The normalized spacial score (nSPS) is 17.3. The lowest BCUT2D eigenvalue weighted by molar-refractivity contribution is 0.0894. The quantitative estimate of drug-likeness (QED) is 0.756. The third-order valence-electron chi connectivity index (χ3n) is 3.57. The van der Waals surface area contributed by atoms with E-state index < -0.39 is 0 Å². The van der Waals surface area contributed by atoms with Gasteiger partial charge in [-0.1, -0.05) is 0 Å². The molecular formula is C15H23FN2O2. The first-order chi connectivity index (χ1) is 9.78. The molecule has 0 spiro atoms. The summed E-state index contributed by atoms with van der Waals surface area (Å²) in [4.78, 5) is 4.81. The van der Waals surface area contributed by atoms with E-state index in [1.807, 2.05) is 0 Å². The highest BCUT2D eigenvalue weighted by Gasteiger charge is 2.15. The molecule has 2 rings (SSSR count). The molecule has 20 heavy (non-hydrogen) atoms. The van der Waals surface area contributed by atoms with Crippen molar-refractivity contribution in [3.05, 3.63) is 30.1 Å². The molecule has 1 aliphatic heterocycles. The van der Waals surface area contributed by atoms with Gasteiger partial charge in [0.25, 0.3) is 0 Å². The van der Waals surface area contributed by atoms with Gasteiger partial charge in [-0.05, 0) is 24.3 Å². The van der Waals surface area contributed by atoms with Gasteiger partial charge in [0, 0.05) is 46.4 Å². The molecule has 0 atom stereocenters. The van der Waals surface area contributed by atoms with Crippen molar-refractivity contribution in [2.75, 3.05) is 59.6 Å². The average Bonchev–Trinajstić information content (AvgIpc) is 2.48. The fourth-order valence-corrected chi connectivity index (χ4v) is 2.28. The van der Waals surface area contributed by atoms with Crippen molar-refractivity contribution in [3.8, 4) is 5.75 Å². The van der Waals surface area contributed by atoms with Crippen molar-refractivity contribution in [1.82, 2.24) is 9.80 Å². The number of hydrogen-bond acceptors (Lipinski definition) is 4. The van der Waals surface area contributed by atoms with Crippen molar-refractivity contribution in [1.29, 1.82) is 0 Å². The van der Waals surface area contributed by atoms with Crippen LogP contribution in [0.25, 0.3) is 0 Å². The average molecular weight is 282 g/mol. The van der Waals surface area contributed by atoms with Gasteiger partial charge in [0.05, 0.1) is 6.61 Å². The predicted octanol–water partition coefficient (Wildman–Crippen LogP) is 1.47. The summed E-state index contributed by atoms with van der Waals surface area (Å²) in [5, 5.41) is 0. The number of halogens is 1. The van der Waals surface area contributed by atoms with Crippen molar-refractivity contribution >= 4 is 0 Å². The van der Waals surface area contributed by atoms with Crippen LogP contribution in [0.4, 0.5) is 4.39 Å². The van der Waals surface area contributed by atoms with Gasteiger partial charge >= 0.3 is 0 Å². The Morgan fingerprint density at radius 3 is 2.05 bits per heavy atom.